The predicted molar refractivity (Wildman–Crippen MR) is 123 cm³/mol. The first-order valence-electron chi connectivity index (χ1n) is 10.4. The van der Waals surface area contributed by atoms with Crippen LogP contribution in [0.15, 0.2) is 77.7 Å². The second-order valence-electron chi connectivity index (χ2n) is 7.63. The second-order valence-corrected chi connectivity index (χ2v) is 8.88. The van der Waals surface area contributed by atoms with Crippen LogP contribution in [0.1, 0.15) is 22.8 Å². The predicted octanol–water partition coefficient (Wildman–Crippen LogP) is 4.30. The minimum Gasteiger partial charge on any atom is -0.454 e. The number of carbonyl (C=O) groups excluding carboxylic acids is 2. The molecular weight excluding hydrogens is 424 g/mol. The summed E-state index contributed by atoms with van der Waals surface area (Å²) in [5.74, 6) is 1.11. The summed E-state index contributed by atoms with van der Waals surface area (Å²) in [6.07, 6.45) is 0.332. The lowest BCUT2D eigenvalue weighted by Gasteiger charge is -2.22. The lowest BCUT2D eigenvalue weighted by Crippen LogP contribution is -2.40. The van der Waals surface area contributed by atoms with E-state index < -0.39 is 0 Å². The zero-order chi connectivity index (χ0) is 21.9. The smallest absolute Gasteiger partial charge is 0.240 e. The average molecular weight is 447 g/mol. The number of para-hydroxylation sites is 1. The highest BCUT2D eigenvalue weighted by Crippen LogP contribution is 2.45. The Balaban J connectivity index is 1.30. The average Bonchev–Trinajstić information content (AvgIpc) is 3.24. The SMILES string of the molecule is O=C(CN1C(=O)C[C@@H](c2ccccc2)Sc2ccccc21)NCc1ccc2c(c1)OCO2. The normalized spacial score (nSPS) is 16.9. The number of hydrogen-bond donors (Lipinski definition) is 1. The molecule has 2 aliphatic heterocycles. The van der Waals surface area contributed by atoms with Crippen LogP contribution >= 0.6 is 11.8 Å². The van der Waals surface area contributed by atoms with Crippen molar-refractivity contribution in [2.45, 2.75) is 23.1 Å². The van der Waals surface area contributed by atoms with Crippen molar-refractivity contribution in [3.05, 3.63) is 83.9 Å². The maximum atomic E-state index is 13.2. The van der Waals surface area contributed by atoms with Gasteiger partial charge in [-0.05, 0) is 35.4 Å². The number of rotatable bonds is 5. The van der Waals surface area contributed by atoms with E-state index in [1.807, 2.05) is 72.8 Å². The van der Waals surface area contributed by atoms with Crippen molar-refractivity contribution in [3.63, 3.8) is 0 Å². The van der Waals surface area contributed by atoms with Crippen molar-refractivity contribution in [1.82, 2.24) is 5.32 Å². The summed E-state index contributed by atoms with van der Waals surface area (Å²) in [5.41, 5.74) is 2.79. The third-order valence-electron chi connectivity index (χ3n) is 5.49. The number of fused-ring (bicyclic) bond motifs is 2. The van der Waals surface area contributed by atoms with Gasteiger partial charge in [0.2, 0.25) is 18.6 Å². The summed E-state index contributed by atoms with van der Waals surface area (Å²) in [4.78, 5) is 28.6. The summed E-state index contributed by atoms with van der Waals surface area (Å²) in [7, 11) is 0. The molecule has 1 N–H and O–H groups in total. The van der Waals surface area contributed by atoms with Gasteiger partial charge in [0.25, 0.3) is 0 Å². The number of carbonyl (C=O) groups is 2. The molecule has 0 spiro atoms. The molecule has 3 aromatic carbocycles. The third-order valence-corrected chi connectivity index (χ3v) is 6.81. The zero-order valence-corrected chi connectivity index (χ0v) is 18.1. The third kappa shape index (κ3) is 4.29. The minimum absolute atomic E-state index is 0.00606. The Morgan fingerprint density at radius 3 is 2.66 bits per heavy atom. The van der Waals surface area contributed by atoms with Gasteiger partial charge >= 0.3 is 0 Å². The van der Waals surface area contributed by atoms with E-state index in [-0.39, 0.29) is 30.4 Å². The molecule has 0 aliphatic carbocycles. The Labute approximate surface area is 190 Å². The van der Waals surface area contributed by atoms with Crippen molar-refractivity contribution in [1.29, 1.82) is 0 Å². The van der Waals surface area contributed by atoms with Gasteiger partial charge in [-0.15, -0.1) is 11.8 Å². The molecule has 0 aromatic heterocycles. The van der Waals surface area contributed by atoms with Gasteiger partial charge in [-0.25, -0.2) is 0 Å². The lowest BCUT2D eigenvalue weighted by molar-refractivity contribution is -0.124. The molecule has 3 aromatic rings. The second kappa shape index (κ2) is 8.96. The van der Waals surface area contributed by atoms with Crippen molar-refractivity contribution in [2.75, 3.05) is 18.2 Å². The maximum Gasteiger partial charge on any atom is 0.240 e. The van der Waals surface area contributed by atoms with Crippen molar-refractivity contribution in [2.24, 2.45) is 0 Å². The quantitative estimate of drug-likeness (QED) is 0.633. The van der Waals surface area contributed by atoms with Gasteiger partial charge in [0.1, 0.15) is 6.54 Å². The molecule has 2 heterocycles. The summed E-state index contributed by atoms with van der Waals surface area (Å²) in [5, 5.41) is 2.92. The first-order valence-corrected chi connectivity index (χ1v) is 11.3. The minimum atomic E-state index is -0.214. The van der Waals surface area contributed by atoms with Gasteiger partial charge in [-0.1, -0.05) is 48.5 Å². The van der Waals surface area contributed by atoms with Gasteiger partial charge < -0.3 is 19.7 Å². The number of nitrogens with zero attached hydrogens (tertiary/aromatic N) is 1. The number of nitrogens with one attached hydrogen (secondary N) is 1. The van der Waals surface area contributed by atoms with Crippen LogP contribution in [0.4, 0.5) is 5.69 Å². The molecule has 6 nitrogen and oxygen atoms in total. The van der Waals surface area contributed by atoms with E-state index in [1.54, 1.807) is 16.7 Å². The monoisotopic (exact) mass is 446 g/mol. The molecular formula is C25H22N2O4S. The number of thioether (sulfide) groups is 1. The molecule has 2 amide bonds. The van der Waals surface area contributed by atoms with Gasteiger partial charge in [0.05, 0.1) is 5.69 Å². The van der Waals surface area contributed by atoms with Gasteiger partial charge in [0, 0.05) is 23.1 Å². The zero-order valence-electron chi connectivity index (χ0n) is 17.3. The maximum absolute atomic E-state index is 13.2. The van der Waals surface area contributed by atoms with E-state index in [1.165, 1.54) is 0 Å². The largest absolute Gasteiger partial charge is 0.454 e. The van der Waals surface area contributed by atoms with E-state index in [4.69, 9.17) is 9.47 Å². The van der Waals surface area contributed by atoms with Crippen LogP contribution in [-0.2, 0) is 16.1 Å². The lowest BCUT2D eigenvalue weighted by atomic mass is 10.1. The summed E-state index contributed by atoms with van der Waals surface area (Å²) in [6.45, 7) is 0.534. The highest BCUT2D eigenvalue weighted by molar-refractivity contribution is 7.99. The molecule has 0 saturated heterocycles. The highest BCUT2D eigenvalue weighted by atomic mass is 32.2. The number of ether oxygens (including phenoxy) is 2. The Bertz CT molecular complexity index is 1150. The van der Waals surface area contributed by atoms with Crippen LogP contribution in [-0.4, -0.2) is 25.2 Å². The first kappa shape index (κ1) is 20.5. The summed E-state index contributed by atoms with van der Waals surface area (Å²) >= 11 is 1.67. The molecule has 1 atom stereocenters. The topological polar surface area (TPSA) is 67.9 Å². The number of benzene rings is 3. The molecule has 5 rings (SSSR count). The van der Waals surface area contributed by atoms with Crippen molar-refractivity contribution in [3.8, 4) is 11.5 Å². The van der Waals surface area contributed by atoms with Crippen LogP contribution in [0.5, 0.6) is 11.5 Å². The van der Waals surface area contributed by atoms with Crippen molar-refractivity contribution >= 4 is 29.3 Å². The van der Waals surface area contributed by atoms with E-state index in [0.29, 0.717) is 24.5 Å². The van der Waals surface area contributed by atoms with E-state index in [9.17, 15) is 9.59 Å². The Hall–Kier alpha value is -3.45. The van der Waals surface area contributed by atoms with Gasteiger partial charge in [0.15, 0.2) is 11.5 Å². The molecule has 0 bridgehead atoms. The molecule has 0 unspecified atom stereocenters. The highest BCUT2D eigenvalue weighted by Gasteiger charge is 2.30. The molecule has 7 heteroatoms. The van der Waals surface area contributed by atoms with Gasteiger partial charge in [-0.2, -0.15) is 0 Å². The van der Waals surface area contributed by atoms with Crippen molar-refractivity contribution < 1.29 is 19.1 Å². The molecule has 0 saturated carbocycles. The molecule has 0 radical (unpaired) electrons. The number of amides is 2. The Kier molecular flexibility index (Phi) is 5.73. The fourth-order valence-corrected chi connectivity index (χ4v) is 5.14. The Morgan fingerprint density at radius 2 is 1.78 bits per heavy atom. The fourth-order valence-electron chi connectivity index (χ4n) is 3.86. The van der Waals surface area contributed by atoms with E-state index >= 15 is 0 Å². The van der Waals surface area contributed by atoms with Crippen LogP contribution in [0.25, 0.3) is 0 Å². The van der Waals surface area contributed by atoms with Crippen LogP contribution in [0.3, 0.4) is 0 Å². The van der Waals surface area contributed by atoms with Crippen LogP contribution in [0, 0.1) is 0 Å². The fraction of sp³-hybridized carbons (Fsp3) is 0.200. The first-order chi connectivity index (χ1) is 15.7. The number of anilines is 1. The van der Waals surface area contributed by atoms with Crippen LogP contribution in [0.2, 0.25) is 0 Å². The molecule has 32 heavy (non-hydrogen) atoms. The standard InChI is InChI=1S/C25H22N2O4S/c28-24(26-14-17-10-11-20-21(12-17)31-16-30-20)15-27-19-8-4-5-9-22(19)32-23(13-25(27)29)18-6-2-1-3-7-18/h1-12,23H,13-16H2,(H,26,28)/t23-/m0/s1. The molecule has 2 aliphatic rings. The van der Waals surface area contributed by atoms with E-state index in [2.05, 4.69) is 5.32 Å². The summed E-state index contributed by atoms with van der Waals surface area (Å²) in [6, 6.07) is 23.4. The Morgan fingerprint density at radius 1 is 1.00 bits per heavy atom. The molecule has 0 fully saturated rings. The number of hydrogen-bond acceptors (Lipinski definition) is 5. The van der Waals surface area contributed by atoms with Gasteiger partial charge in [-0.3, -0.25) is 9.59 Å². The summed E-state index contributed by atoms with van der Waals surface area (Å²) < 4.78 is 10.7. The molecule has 162 valence electrons. The van der Waals surface area contributed by atoms with E-state index in [0.717, 1.165) is 21.7 Å². The van der Waals surface area contributed by atoms with Crippen LogP contribution < -0.4 is 19.7 Å².